The summed E-state index contributed by atoms with van der Waals surface area (Å²) in [6.45, 7) is 0.501. The Labute approximate surface area is 121 Å². The molecule has 1 aromatic heterocycles. The second-order valence-electron chi connectivity index (χ2n) is 4.48. The van der Waals surface area contributed by atoms with Gasteiger partial charge >= 0.3 is 0 Å². The number of rotatable bonds is 5. The Morgan fingerprint density at radius 3 is 2.71 bits per heavy atom. The van der Waals surface area contributed by atoms with Gasteiger partial charge in [0.15, 0.2) is 6.29 Å². The molecular weight excluding hydrogens is 266 g/mol. The van der Waals surface area contributed by atoms with Crippen LogP contribution < -0.4 is 4.74 Å². The van der Waals surface area contributed by atoms with Gasteiger partial charge in [0.1, 0.15) is 18.1 Å². The fourth-order valence-electron chi connectivity index (χ4n) is 1.91. The van der Waals surface area contributed by atoms with Gasteiger partial charge in [-0.2, -0.15) is 0 Å². The number of nitrogens with zero attached hydrogens (tertiary/aromatic N) is 3. The molecule has 0 spiro atoms. The van der Waals surface area contributed by atoms with Crippen LogP contribution in [0.4, 0.5) is 0 Å². The summed E-state index contributed by atoms with van der Waals surface area (Å²) in [5, 5.41) is 7.63. The first kappa shape index (κ1) is 13.1. The molecule has 0 atom stereocenters. The van der Waals surface area contributed by atoms with Crippen LogP contribution in [-0.4, -0.2) is 21.3 Å². The van der Waals surface area contributed by atoms with Crippen LogP contribution in [0, 0.1) is 0 Å². The molecule has 1 heterocycles. The predicted octanol–water partition coefficient (Wildman–Crippen LogP) is 2.66. The molecule has 0 aliphatic heterocycles. The highest BCUT2D eigenvalue weighted by atomic mass is 16.5. The summed E-state index contributed by atoms with van der Waals surface area (Å²) < 4.78 is 7.30. The van der Waals surface area contributed by atoms with Gasteiger partial charge in [-0.15, -0.1) is 5.10 Å². The number of hydrogen-bond acceptors (Lipinski definition) is 4. The van der Waals surface area contributed by atoms with Gasteiger partial charge in [0.2, 0.25) is 0 Å². The van der Waals surface area contributed by atoms with Crippen LogP contribution in [0.25, 0.3) is 5.69 Å². The summed E-state index contributed by atoms with van der Waals surface area (Å²) in [4.78, 5) is 10.6. The Morgan fingerprint density at radius 2 is 1.95 bits per heavy atom. The largest absolute Gasteiger partial charge is 0.489 e. The lowest BCUT2D eigenvalue weighted by Crippen LogP contribution is -1.98. The van der Waals surface area contributed by atoms with Crippen LogP contribution in [-0.2, 0) is 6.61 Å². The van der Waals surface area contributed by atoms with E-state index >= 15 is 0 Å². The van der Waals surface area contributed by atoms with Crippen molar-refractivity contribution >= 4 is 6.29 Å². The fraction of sp³-hybridized carbons (Fsp3) is 0.0625. The summed E-state index contributed by atoms with van der Waals surface area (Å²) >= 11 is 0. The molecule has 0 aliphatic carbocycles. The summed E-state index contributed by atoms with van der Waals surface area (Å²) in [5.41, 5.74) is 2.19. The molecular formula is C16H13N3O2. The van der Waals surface area contributed by atoms with Crippen LogP contribution >= 0.6 is 0 Å². The zero-order valence-electron chi connectivity index (χ0n) is 11.2. The molecule has 0 unspecified atom stereocenters. The van der Waals surface area contributed by atoms with Crippen LogP contribution in [0.5, 0.6) is 5.75 Å². The topological polar surface area (TPSA) is 57.0 Å². The molecule has 0 radical (unpaired) electrons. The number of hydrogen-bond donors (Lipinski definition) is 0. The summed E-state index contributed by atoms with van der Waals surface area (Å²) in [6, 6.07) is 17.4. The molecule has 0 saturated heterocycles. The minimum atomic E-state index is 0.297. The van der Waals surface area contributed by atoms with Crippen LogP contribution in [0.1, 0.15) is 16.1 Å². The van der Waals surface area contributed by atoms with Crippen molar-refractivity contribution in [3.63, 3.8) is 0 Å². The van der Waals surface area contributed by atoms with Gasteiger partial charge in [0.25, 0.3) is 0 Å². The van der Waals surface area contributed by atoms with E-state index in [4.69, 9.17) is 4.74 Å². The maximum atomic E-state index is 10.6. The zero-order chi connectivity index (χ0) is 14.5. The third-order valence-corrected chi connectivity index (χ3v) is 2.96. The lowest BCUT2D eigenvalue weighted by molar-refractivity contribution is 0.111. The van der Waals surface area contributed by atoms with E-state index in [1.165, 1.54) is 0 Å². The van der Waals surface area contributed by atoms with Gasteiger partial charge in [-0.3, -0.25) is 4.79 Å². The van der Waals surface area contributed by atoms with E-state index in [1.807, 2.05) is 54.6 Å². The monoisotopic (exact) mass is 279 g/mol. The summed E-state index contributed by atoms with van der Waals surface area (Å²) in [5.74, 6) is 0.736. The average Bonchev–Trinajstić information content (AvgIpc) is 3.03. The molecule has 0 saturated carbocycles. The van der Waals surface area contributed by atoms with Gasteiger partial charge in [0, 0.05) is 6.07 Å². The molecule has 0 fully saturated rings. The maximum absolute atomic E-state index is 10.6. The SMILES string of the molecule is O=Cc1cn(-c2cccc(OCc3ccccc3)c2)nn1. The third-order valence-electron chi connectivity index (χ3n) is 2.96. The molecule has 21 heavy (non-hydrogen) atoms. The van der Waals surface area contributed by atoms with Gasteiger partial charge in [-0.05, 0) is 17.7 Å². The molecule has 0 N–H and O–H groups in total. The van der Waals surface area contributed by atoms with Crippen molar-refractivity contribution < 1.29 is 9.53 Å². The van der Waals surface area contributed by atoms with Crippen LogP contribution in [0.2, 0.25) is 0 Å². The molecule has 104 valence electrons. The minimum Gasteiger partial charge on any atom is -0.489 e. The fourth-order valence-corrected chi connectivity index (χ4v) is 1.91. The van der Waals surface area contributed by atoms with Crippen LogP contribution in [0.15, 0.2) is 60.8 Å². The number of carbonyl (C=O) groups excluding carboxylic acids is 1. The second kappa shape index (κ2) is 6.00. The Hall–Kier alpha value is -2.95. The quantitative estimate of drug-likeness (QED) is 0.674. The molecule has 0 bridgehead atoms. The van der Waals surface area contributed by atoms with E-state index in [-0.39, 0.29) is 0 Å². The van der Waals surface area contributed by atoms with Crippen molar-refractivity contribution in [3.05, 3.63) is 72.1 Å². The van der Waals surface area contributed by atoms with E-state index in [0.717, 1.165) is 17.0 Å². The smallest absolute Gasteiger partial charge is 0.171 e. The Balaban J connectivity index is 1.75. The lowest BCUT2D eigenvalue weighted by atomic mass is 10.2. The summed E-state index contributed by atoms with van der Waals surface area (Å²) in [7, 11) is 0. The highest BCUT2D eigenvalue weighted by molar-refractivity contribution is 5.70. The first-order valence-corrected chi connectivity index (χ1v) is 6.50. The van der Waals surface area contributed by atoms with E-state index in [2.05, 4.69) is 10.3 Å². The number of aldehydes is 1. The van der Waals surface area contributed by atoms with Crippen molar-refractivity contribution in [2.45, 2.75) is 6.61 Å². The highest BCUT2D eigenvalue weighted by Crippen LogP contribution is 2.17. The normalized spacial score (nSPS) is 10.3. The van der Waals surface area contributed by atoms with E-state index in [1.54, 1.807) is 10.9 Å². The molecule has 0 amide bonds. The number of aromatic nitrogens is 3. The van der Waals surface area contributed by atoms with Gasteiger partial charge in [0.05, 0.1) is 11.9 Å². The Bertz CT molecular complexity index is 738. The minimum absolute atomic E-state index is 0.297. The van der Waals surface area contributed by atoms with E-state index in [0.29, 0.717) is 18.6 Å². The van der Waals surface area contributed by atoms with E-state index in [9.17, 15) is 4.79 Å². The zero-order valence-corrected chi connectivity index (χ0v) is 11.2. The molecule has 2 aromatic carbocycles. The number of carbonyl (C=O) groups is 1. The molecule has 5 heteroatoms. The Kier molecular flexibility index (Phi) is 3.73. The number of benzene rings is 2. The van der Waals surface area contributed by atoms with Gasteiger partial charge < -0.3 is 4.74 Å². The Morgan fingerprint density at radius 1 is 1.10 bits per heavy atom. The van der Waals surface area contributed by atoms with E-state index < -0.39 is 0 Å². The molecule has 3 aromatic rings. The first-order chi connectivity index (χ1) is 10.3. The van der Waals surface area contributed by atoms with Gasteiger partial charge in [-0.1, -0.05) is 41.6 Å². The molecule has 5 nitrogen and oxygen atoms in total. The van der Waals surface area contributed by atoms with Gasteiger partial charge in [-0.25, -0.2) is 4.68 Å². The molecule has 0 aliphatic rings. The maximum Gasteiger partial charge on any atom is 0.171 e. The van der Waals surface area contributed by atoms with Crippen LogP contribution in [0.3, 0.4) is 0 Å². The van der Waals surface area contributed by atoms with Crippen molar-refractivity contribution in [1.82, 2.24) is 15.0 Å². The summed E-state index contributed by atoms with van der Waals surface area (Å²) in [6.07, 6.45) is 2.24. The first-order valence-electron chi connectivity index (χ1n) is 6.50. The number of ether oxygens (including phenoxy) is 1. The predicted molar refractivity (Wildman–Crippen MR) is 77.5 cm³/mol. The highest BCUT2D eigenvalue weighted by Gasteiger charge is 2.03. The van der Waals surface area contributed by atoms with Crippen molar-refractivity contribution in [3.8, 4) is 11.4 Å². The third kappa shape index (κ3) is 3.14. The second-order valence-corrected chi connectivity index (χ2v) is 4.48. The average molecular weight is 279 g/mol. The van der Waals surface area contributed by atoms with Crippen molar-refractivity contribution in [2.75, 3.05) is 0 Å². The van der Waals surface area contributed by atoms with Crippen molar-refractivity contribution in [2.24, 2.45) is 0 Å². The standard InChI is InChI=1S/C16H13N3O2/c20-11-14-10-19(18-17-14)15-7-4-8-16(9-15)21-12-13-5-2-1-3-6-13/h1-11H,12H2. The molecule has 3 rings (SSSR count). The van der Waals surface area contributed by atoms with Crippen molar-refractivity contribution in [1.29, 1.82) is 0 Å². The lowest BCUT2D eigenvalue weighted by Gasteiger charge is -2.08.